The molecule has 0 fully saturated rings. The molecule has 0 radical (unpaired) electrons. The van der Waals surface area contributed by atoms with Crippen LogP contribution in [0.25, 0.3) is 0 Å². The highest BCUT2D eigenvalue weighted by molar-refractivity contribution is 7.85. The van der Waals surface area contributed by atoms with E-state index in [0.717, 1.165) is 30.0 Å². The number of ether oxygens (including phenoxy) is 1. The molecule has 0 spiro atoms. The quantitative estimate of drug-likeness (QED) is 0.759. The van der Waals surface area contributed by atoms with Crippen LogP contribution in [0.4, 0.5) is 0 Å². The Hall–Kier alpha value is -0.870. The summed E-state index contributed by atoms with van der Waals surface area (Å²) in [5.74, 6) is 2.78. The van der Waals surface area contributed by atoms with Crippen molar-refractivity contribution in [1.29, 1.82) is 0 Å². The maximum Gasteiger partial charge on any atom is 0.123 e. The molecular weight excluding hydrogens is 282 g/mol. The van der Waals surface area contributed by atoms with Crippen LogP contribution in [0.2, 0.25) is 0 Å². The van der Waals surface area contributed by atoms with Crippen LogP contribution in [-0.4, -0.2) is 29.4 Å². The number of nitrogens with one attached hydrogen (secondary N) is 1. The van der Waals surface area contributed by atoms with E-state index in [2.05, 4.69) is 39.1 Å². The van der Waals surface area contributed by atoms with Crippen LogP contribution in [0, 0.1) is 12.8 Å². The van der Waals surface area contributed by atoms with E-state index in [1.807, 2.05) is 12.1 Å². The van der Waals surface area contributed by atoms with Gasteiger partial charge in [0, 0.05) is 33.9 Å². The van der Waals surface area contributed by atoms with Crippen molar-refractivity contribution in [3.63, 3.8) is 0 Å². The van der Waals surface area contributed by atoms with Crippen LogP contribution in [0.5, 0.6) is 5.75 Å². The molecule has 0 aliphatic rings. The van der Waals surface area contributed by atoms with Crippen molar-refractivity contribution in [2.45, 2.75) is 40.2 Å². The Balaban J connectivity index is 2.91. The van der Waals surface area contributed by atoms with Gasteiger partial charge < -0.3 is 10.1 Å². The monoisotopic (exact) mass is 311 g/mol. The molecule has 0 bridgehead atoms. The summed E-state index contributed by atoms with van der Waals surface area (Å²) < 4.78 is 17.9. The highest BCUT2D eigenvalue weighted by Crippen LogP contribution is 2.27. The van der Waals surface area contributed by atoms with E-state index in [1.165, 1.54) is 5.56 Å². The van der Waals surface area contributed by atoms with E-state index in [1.54, 1.807) is 7.11 Å². The molecule has 21 heavy (non-hydrogen) atoms. The van der Waals surface area contributed by atoms with Crippen molar-refractivity contribution in [1.82, 2.24) is 5.32 Å². The van der Waals surface area contributed by atoms with Gasteiger partial charge in [0.05, 0.1) is 7.11 Å². The van der Waals surface area contributed by atoms with Crippen LogP contribution in [0.15, 0.2) is 18.2 Å². The first-order chi connectivity index (χ1) is 10.0. The Labute approximate surface area is 131 Å². The van der Waals surface area contributed by atoms with E-state index >= 15 is 0 Å². The Bertz CT molecular complexity index is 462. The second-order valence-electron chi connectivity index (χ2n) is 5.64. The minimum Gasteiger partial charge on any atom is -0.496 e. The number of aryl methyl sites for hydroxylation is 1. The molecule has 0 amide bonds. The molecule has 0 aliphatic carbocycles. The van der Waals surface area contributed by atoms with Gasteiger partial charge in [0.1, 0.15) is 5.75 Å². The van der Waals surface area contributed by atoms with Crippen molar-refractivity contribution in [2.24, 2.45) is 5.92 Å². The van der Waals surface area contributed by atoms with E-state index in [0.29, 0.717) is 11.7 Å². The highest BCUT2D eigenvalue weighted by atomic mass is 32.2. The van der Waals surface area contributed by atoms with Gasteiger partial charge in [-0.05, 0) is 25.5 Å². The summed E-state index contributed by atoms with van der Waals surface area (Å²) in [5.41, 5.74) is 2.30. The Kier molecular flexibility index (Phi) is 7.97. The molecule has 0 aliphatic heterocycles. The molecule has 1 rings (SSSR count). The molecule has 4 heteroatoms. The maximum absolute atomic E-state index is 12.4. The van der Waals surface area contributed by atoms with E-state index in [-0.39, 0.29) is 6.04 Å². The number of methoxy groups -OCH3 is 1. The third kappa shape index (κ3) is 5.79. The van der Waals surface area contributed by atoms with Crippen LogP contribution in [0.1, 0.15) is 44.4 Å². The SMILES string of the molecule is CCNC(CS(=O)CC(C)CC)c1cc(C)ccc1OC. The van der Waals surface area contributed by atoms with Crippen LogP contribution >= 0.6 is 0 Å². The summed E-state index contributed by atoms with van der Waals surface area (Å²) in [4.78, 5) is 0. The minimum absolute atomic E-state index is 0.0785. The molecule has 0 saturated heterocycles. The first-order valence-electron chi connectivity index (χ1n) is 7.74. The van der Waals surface area contributed by atoms with Gasteiger partial charge in [0.2, 0.25) is 0 Å². The summed E-state index contributed by atoms with van der Waals surface area (Å²) in [6.07, 6.45) is 1.07. The number of hydrogen-bond donors (Lipinski definition) is 1. The van der Waals surface area contributed by atoms with Crippen molar-refractivity contribution in [2.75, 3.05) is 25.2 Å². The highest BCUT2D eigenvalue weighted by Gasteiger charge is 2.19. The second-order valence-corrected chi connectivity index (χ2v) is 7.19. The van der Waals surface area contributed by atoms with Crippen LogP contribution in [0.3, 0.4) is 0 Å². The number of benzene rings is 1. The summed E-state index contributed by atoms with van der Waals surface area (Å²) in [6, 6.07) is 6.25. The fourth-order valence-corrected chi connectivity index (χ4v) is 4.00. The van der Waals surface area contributed by atoms with Gasteiger partial charge in [-0.3, -0.25) is 4.21 Å². The number of rotatable bonds is 9. The van der Waals surface area contributed by atoms with Gasteiger partial charge >= 0.3 is 0 Å². The summed E-state index contributed by atoms with van der Waals surface area (Å²) in [7, 11) is 0.871. The summed E-state index contributed by atoms with van der Waals surface area (Å²) >= 11 is 0. The van der Waals surface area contributed by atoms with E-state index in [4.69, 9.17) is 4.74 Å². The lowest BCUT2D eigenvalue weighted by molar-refractivity contribution is 0.402. The number of hydrogen-bond acceptors (Lipinski definition) is 3. The Morgan fingerprint density at radius 3 is 2.57 bits per heavy atom. The molecule has 1 N–H and O–H groups in total. The lowest BCUT2D eigenvalue weighted by Crippen LogP contribution is -2.28. The second kappa shape index (κ2) is 9.21. The predicted octanol–water partition coefficient (Wildman–Crippen LogP) is 3.45. The zero-order valence-electron chi connectivity index (χ0n) is 13.9. The van der Waals surface area contributed by atoms with Crippen molar-refractivity contribution in [3.8, 4) is 5.75 Å². The molecule has 3 nitrogen and oxygen atoms in total. The van der Waals surface area contributed by atoms with Crippen molar-refractivity contribution < 1.29 is 8.95 Å². The zero-order valence-corrected chi connectivity index (χ0v) is 14.8. The third-order valence-corrected chi connectivity index (χ3v) is 5.38. The average molecular weight is 311 g/mol. The van der Waals surface area contributed by atoms with E-state index in [9.17, 15) is 4.21 Å². The zero-order chi connectivity index (χ0) is 15.8. The van der Waals surface area contributed by atoms with Crippen LogP contribution in [-0.2, 0) is 10.8 Å². The fourth-order valence-electron chi connectivity index (χ4n) is 2.32. The summed E-state index contributed by atoms with van der Waals surface area (Å²) in [6.45, 7) is 9.30. The molecule has 0 heterocycles. The standard InChI is InChI=1S/C17H29NO2S/c1-6-13(3)11-21(19)12-16(18-7-2)15-10-14(4)8-9-17(15)20-5/h8-10,13,16,18H,6-7,11-12H2,1-5H3. The molecule has 0 aromatic heterocycles. The van der Waals surface area contributed by atoms with Gasteiger partial charge in [0.15, 0.2) is 0 Å². The predicted molar refractivity (Wildman–Crippen MR) is 91.5 cm³/mol. The topological polar surface area (TPSA) is 38.3 Å². The van der Waals surface area contributed by atoms with E-state index < -0.39 is 10.8 Å². The average Bonchev–Trinajstić information content (AvgIpc) is 2.46. The molecule has 120 valence electrons. The molecule has 3 unspecified atom stereocenters. The van der Waals surface area contributed by atoms with Gasteiger partial charge in [-0.15, -0.1) is 0 Å². The van der Waals surface area contributed by atoms with Crippen LogP contribution < -0.4 is 10.1 Å². The molecule has 3 atom stereocenters. The Morgan fingerprint density at radius 1 is 1.29 bits per heavy atom. The lowest BCUT2D eigenvalue weighted by Gasteiger charge is -2.21. The third-order valence-electron chi connectivity index (χ3n) is 3.73. The minimum atomic E-state index is -0.817. The van der Waals surface area contributed by atoms with Gasteiger partial charge in [0.25, 0.3) is 0 Å². The van der Waals surface area contributed by atoms with Gasteiger partial charge in [-0.2, -0.15) is 0 Å². The molecule has 1 aromatic rings. The maximum atomic E-state index is 12.4. The molecular formula is C17H29NO2S. The summed E-state index contributed by atoms with van der Waals surface area (Å²) in [5, 5.41) is 3.45. The largest absolute Gasteiger partial charge is 0.496 e. The molecule has 1 aromatic carbocycles. The Morgan fingerprint density at radius 2 is 2.00 bits per heavy atom. The molecule has 0 saturated carbocycles. The lowest BCUT2D eigenvalue weighted by atomic mass is 10.0. The smallest absolute Gasteiger partial charge is 0.123 e. The first kappa shape index (κ1) is 18.2. The fraction of sp³-hybridized carbons (Fsp3) is 0.647. The van der Waals surface area contributed by atoms with Crippen molar-refractivity contribution >= 4 is 10.8 Å². The van der Waals surface area contributed by atoms with Gasteiger partial charge in [-0.25, -0.2) is 0 Å². The normalized spacial score (nSPS) is 15.5. The first-order valence-corrected chi connectivity index (χ1v) is 9.23. The van der Waals surface area contributed by atoms with Crippen molar-refractivity contribution in [3.05, 3.63) is 29.3 Å². The van der Waals surface area contributed by atoms with Gasteiger partial charge in [-0.1, -0.05) is 44.9 Å².